The van der Waals surface area contributed by atoms with Gasteiger partial charge in [-0.05, 0) is 24.5 Å². The highest BCUT2D eigenvalue weighted by Crippen LogP contribution is 2.15. The molecule has 0 aliphatic carbocycles. The third kappa shape index (κ3) is 4.91. The molecule has 0 bridgehead atoms. The van der Waals surface area contributed by atoms with Crippen LogP contribution in [0, 0.1) is 11.7 Å². The minimum Gasteiger partial charge on any atom is -0.211 e. The third-order valence-corrected chi connectivity index (χ3v) is 4.69. The van der Waals surface area contributed by atoms with Crippen molar-refractivity contribution in [3.8, 4) is 0 Å². The molecule has 19 heavy (non-hydrogen) atoms. The van der Waals surface area contributed by atoms with E-state index >= 15 is 0 Å². The Balaban J connectivity index is 2.67. The molecule has 0 aliphatic heterocycles. The van der Waals surface area contributed by atoms with E-state index in [1.165, 1.54) is 18.2 Å². The summed E-state index contributed by atoms with van der Waals surface area (Å²) in [6.07, 6.45) is 4.09. The molecule has 0 aliphatic rings. The number of benzene rings is 1. The Morgan fingerprint density at radius 2 is 1.95 bits per heavy atom. The van der Waals surface area contributed by atoms with Gasteiger partial charge < -0.3 is 0 Å². The van der Waals surface area contributed by atoms with E-state index in [4.69, 9.17) is 0 Å². The van der Waals surface area contributed by atoms with Crippen LogP contribution in [0.4, 0.5) is 4.39 Å². The zero-order valence-corrected chi connectivity index (χ0v) is 12.3. The monoisotopic (exact) mass is 287 g/mol. The van der Waals surface area contributed by atoms with Gasteiger partial charge in [-0.25, -0.2) is 17.5 Å². The van der Waals surface area contributed by atoms with Crippen LogP contribution in [0.5, 0.6) is 0 Å². The van der Waals surface area contributed by atoms with Crippen molar-refractivity contribution in [2.24, 2.45) is 5.92 Å². The van der Waals surface area contributed by atoms with Gasteiger partial charge in [-0.2, -0.15) is 0 Å². The lowest BCUT2D eigenvalue weighted by Gasteiger charge is -2.15. The van der Waals surface area contributed by atoms with Crippen molar-refractivity contribution in [3.63, 3.8) is 0 Å². The van der Waals surface area contributed by atoms with E-state index in [0.717, 1.165) is 31.7 Å². The smallest absolute Gasteiger partial charge is 0.211 e. The van der Waals surface area contributed by atoms with Crippen LogP contribution in [0.1, 0.15) is 39.5 Å². The zero-order chi connectivity index (χ0) is 14.3. The maximum absolute atomic E-state index is 13.5. The van der Waals surface area contributed by atoms with E-state index in [1.54, 1.807) is 0 Å². The topological polar surface area (TPSA) is 46.2 Å². The highest BCUT2D eigenvalue weighted by Gasteiger charge is 2.19. The first-order valence-corrected chi connectivity index (χ1v) is 8.23. The average Bonchev–Trinajstić information content (AvgIpc) is 2.39. The summed E-state index contributed by atoms with van der Waals surface area (Å²) in [7, 11) is -3.75. The van der Waals surface area contributed by atoms with Gasteiger partial charge in [0.2, 0.25) is 10.0 Å². The molecule has 0 fully saturated rings. The SMILES string of the molecule is CCCCC(CC)CNS(=O)(=O)c1ccccc1F. The Labute approximate surface area is 115 Å². The quantitative estimate of drug-likeness (QED) is 0.797. The minimum atomic E-state index is -3.75. The highest BCUT2D eigenvalue weighted by atomic mass is 32.2. The van der Waals surface area contributed by atoms with E-state index < -0.39 is 15.8 Å². The van der Waals surface area contributed by atoms with Crippen molar-refractivity contribution in [1.82, 2.24) is 4.72 Å². The largest absolute Gasteiger partial charge is 0.243 e. The van der Waals surface area contributed by atoms with E-state index in [0.29, 0.717) is 12.5 Å². The van der Waals surface area contributed by atoms with Gasteiger partial charge in [0.25, 0.3) is 0 Å². The number of rotatable bonds is 8. The molecule has 1 aromatic carbocycles. The first-order chi connectivity index (χ1) is 9.01. The van der Waals surface area contributed by atoms with E-state index in [2.05, 4.69) is 11.6 Å². The van der Waals surface area contributed by atoms with Gasteiger partial charge in [0.1, 0.15) is 10.7 Å². The molecule has 0 heterocycles. The molecule has 0 saturated heterocycles. The fourth-order valence-corrected chi connectivity index (χ4v) is 3.10. The Morgan fingerprint density at radius 3 is 2.53 bits per heavy atom. The highest BCUT2D eigenvalue weighted by molar-refractivity contribution is 7.89. The summed E-state index contributed by atoms with van der Waals surface area (Å²) in [5, 5.41) is 0. The Hall–Kier alpha value is -0.940. The number of unbranched alkanes of at least 4 members (excludes halogenated alkanes) is 1. The Morgan fingerprint density at radius 1 is 1.26 bits per heavy atom. The summed E-state index contributed by atoms with van der Waals surface area (Å²) < 4.78 is 40.0. The maximum Gasteiger partial charge on any atom is 0.243 e. The maximum atomic E-state index is 13.5. The van der Waals surface area contributed by atoms with Crippen LogP contribution >= 0.6 is 0 Å². The van der Waals surface area contributed by atoms with Crippen molar-refractivity contribution in [3.05, 3.63) is 30.1 Å². The minimum absolute atomic E-state index is 0.277. The van der Waals surface area contributed by atoms with Crippen LogP contribution < -0.4 is 4.72 Å². The van der Waals surface area contributed by atoms with Gasteiger partial charge in [0.15, 0.2) is 0 Å². The van der Waals surface area contributed by atoms with Gasteiger partial charge in [-0.15, -0.1) is 0 Å². The van der Waals surface area contributed by atoms with Gasteiger partial charge in [-0.1, -0.05) is 45.2 Å². The summed E-state index contributed by atoms with van der Waals surface area (Å²) in [5.74, 6) is -0.405. The molecule has 1 N–H and O–H groups in total. The van der Waals surface area contributed by atoms with Gasteiger partial charge >= 0.3 is 0 Å². The Bertz CT molecular complexity index is 488. The van der Waals surface area contributed by atoms with Crippen LogP contribution in [0.25, 0.3) is 0 Å². The molecule has 0 saturated carbocycles. The molecular weight excluding hydrogens is 265 g/mol. The van der Waals surface area contributed by atoms with E-state index in [1.807, 2.05) is 6.92 Å². The average molecular weight is 287 g/mol. The molecule has 0 amide bonds. The number of hydrogen-bond acceptors (Lipinski definition) is 2. The van der Waals surface area contributed by atoms with Crippen molar-refractivity contribution >= 4 is 10.0 Å². The lowest BCUT2D eigenvalue weighted by Crippen LogP contribution is -2.29. The Kier molecular flexibility index (Phi) is 6.45. The predicted octanol–water partition coefficient (Wildman–Crippen LogP) is 3.32. The van der Waals surface area contributed by atoms with E-state index in [-0.39, 0.29) is 4.90 Å². The predicted molar refractivity (Wildman–Crippen MR) is 74.9 cm³/mol. The standard InChI is InChI=1S/C14H22FNO2S/c1-3-5-8-12(4-2)11-16-19(17,18)14-10-7-6-9-13(14)15/h6-7,9-10,12,16H,3-5,8,11H2,1-2H3. The molecule has 1 aromatic rings. The summed E-state index contributed by atoms with van der Waals surface area (Å²) in [6.45, 7) is 4.52. The van der Waals surface area contributed by atoms with Crippen molar-refractivity contribution < 1.29 is 12.8 Å². The third-order valence-electron chi connectivity index (χ3n) is 3.23. The zero-order valence-electron chi connectivity index (χ0n) is 11.5. The molecule has 0 radical (unpaired) electrons. The van der Waals surface area contributed by atoms with Crippen molar-refractivity contribution in [2.45, 2.75) is 44.4 Å². The first-order valence-electron chi connectivity index (χ1n) is 6.75. The summed E-state index contributed by atoms with van der Waals surface area (Å²) >= 11 is 0. The number of hydrogen-bond donors (Lipinski definition) is 1. The van der Waals surface area contributed by atoms with Gasteiger partial charge in [0.05, 0.1) is 0 Å². The second-order valence-corrected chi connectivity index (χ2v) is 6.43. The van der Waals surface area contributed by atoms with Gasteiger partial charge in [0, 0.05) is 6.54 Å². The van der Waals surface area contributed by atoms with Crippen LogP contribution in [0.3, 0.4) is 0 Å². The number of sulfonamides is 1. The molecule has 1 rings (SSSR count). The summed E-state index contributed by atoms with van der Waals surface area (Å²) in [4.78, 5) is -0.277. The molecule has 108 valence electrons. The lowest BCUT2D eigenvalue weighted by molar-refractivity contribution is 0.443. The molecule has 3 nitrogen and oxygen atoms in total. The van der Waals surface area contributed by atoms with Gasteiger partial charge in [-0.3, -0.25) is 0 Å². The molecule has 0 spiro atoms. The van der Waals surface area contributed by atoms with Crippen molar-refractivity contribution in [1.29, 1.82) is 0 Å². The second kappa shape index (κ2) is 7.60. The molecular formula is C14H22FNO2S. The summed E-state index contributed by atoms with van der Waals surface area (Å²) in [5.41, 5.74) is 0. The normalized spacial score (nSPS) is 13.4. The van der Waals surface area contributed by atoms with E-state index in [9.17, 15) is 12.8 Å². The fourth-order valence-electron chi connectivity index (χ4n) is 1.91. The van der Waals surface area contributed by atoms with Crippen molar-refractivity contribution in [2.75, 3.05) is 6.54 Å². The molecule has 1 atom stereocenters. The number of halogens is 1. The van der Waals surface area contributed by atoms with Crippen LogP contribution in [-0.4, -0.2) is 15.0 Å². The fraction of sp³-hybridized carbons (Fsp3) is 0.571. The second-order valence-electron chi connectivity index (χ2n) is 4.70. The number of nitrogens with one attached hydrogen (secondary N) is 1. The van der Waals surface area contributed by atoms with Crippen LogP contribution in [0.2, 0.25) is 0 Å². The van der Waals surface area contributed by atoms with Crippen LogP contribution in [0.15, 0.2) is 29.2 Å². The molecule has 0 aromatic heterocycles. The summed E-state index contributed by atoms with van der Waals surface area (Å²) in [6, 6.07) is 5.43. The molecule has 1 unspecified atom stereocenters. The van der Waals surface area contributed by atoms with Crippen LogP contribution in [-0.2, 0) is 10.0 Å². The molecule has 5 heteroatoms. The lowest BCUT2D eigenvalue weighted by atomic mass is 10.00. The first kappa shape index (κ1) is 16.1.